The summed E-state index contributed by atoms with van der Waals surface area (Å²) in [6.07, 6.45) is 0. The smallest absolute Gasteiger partial charge is 0.0645 e. The molecule has 0 atom stereocenters. The summed E-state index contributed by atoms with van der Waals surface area (Å²) in [7, 11) is 0. The van der Waals surface area contributed by atoms with Gasteiger partial charge in [0.05, 0.1) is 46.7 Å². The minimum absolute atomic E-state index is 0.0247. The SMILES string of the molecule is [2H]c1c([2H])c([2H])c(-c2c([2H])c([2H])c([2H])c(-c3c([2H])c([2H])c(-n4c5ccccc5c5cc(-c6ccc7c(c6)c6ccccc6n7-c6c([2H])c([2H])c([2H])c([2H])c6[2H])ccc54)c([2H])c3[2H])c2[2H])c([2H])c1[2H]. The number of nitrogens with zero attached hydrogens (tertiary/aromatic N) is 2. The Kier molecular flexibility index (Phi) is 3.62. The summed E-state index contributed by atoms with van der Waals surface area (Å²) in [4.78, 5) is 0. The third kappa shape index (κ3) is 4.57. The highest BCUT2D eigenvalue weighted by Crippen LogP contribution is 2.38. The van der Waals surface area contributed by atoms with E-state index in [9.17, 15) is 6.85 Å². The maximum Gasteiger partial charge on any atom is 0.0645 e. The van der Waals surface area contributed by atoms with Gasteiger partial charge in [0.1, 0.15) is 0 Å². The molecule has 0 fully saturated rings. The van der Waals surface area contributed by atoms with Gasteiger partial charge >= 0.3 is 0 Å². The van der Waals surface area contributed by atoms with Crippen molar-refractivity contribution in [3.63, 3.8) is 0 Å². The first-order chi connectivity index (χ1) is 32.3. The van der Waals surface area contributed by atoms with Gasteiger partial charge in [-0.25, -0.2) is 0 Å². The van der Waals surface area contributed by atoms with Gasteiger partial charge in [0.15, 0.2) is 0 Å². The van der Waals surface area contributed by atoms with Gasteiger partial charge in [-0.3, -0.25) is 0 Å². The van der Waals surface area contributed by atoms with Crippen LogP contribution in [0.3, 0.4) is 0 Å². The van der Waals surface area contributed by atoms with E-state index in [-0.39, 0.29) is 23.5 Å². The van der Waals surface area contributed by atoms with Gasteiger partial charge in [0.25, 0.3) is 0 Å². The highest BCUT2D eigenvalue weighted by molar-refractivity contribution is 6.12. The van der Waals surface area contributed by atoms with Gasteiger partial charge in [-0.05, 0) is 100.0 Å². The number of rotatable bonds is 5. The molecule has 0 aliphatic heterocycles. The van der Waals surface area contributed by atoms with Crippen molar-refractivity contribution in [3.8, 4) is 44.8 Å². The average molecular weight is 655 g/mol. The van der Waals surface area contributed by atoms with Crippen molar-refractivity contribution in [1.82, 2.24) is 9.13 Å². The van der Waals surface area contributed by atoms with Crippen molar-refractivity contribution in [2.24, 2.45) is 0 Å². The minimum atomic E-state index is -0.809. The third-order valence-corrected chi connectivity index (χ3v) is 8.85. The number of para-hydroxylation sites is 3. The quantitative estimate of drug-likeness (QED) is 0.175. The van der Waals surface area contributed by atoms with E-state index >= 15 is 0 Å². The van der Waals surface area contributed by atoms with Crippen LogP contribution in [0.4, 0.5) is 0 Å². The summed E-state index contributed by atoms with van der Waals surface area (Å²) in [6, 6.07) is 14.4. The van der Waals surface area contributed by atoms with Crippen molar-refractivity contribution < 1.29 is 24.7 Å². The molecule has 0 saturated carbocycles. The zero-order valence-electron chi connectivity index (χ0n) is 44.0. The van der Waals surface area contributed by atoms with Crippen molar-refractivity contribution in [2.75, 3.05) is 0 Å². The zero-order chi connectivity index (χ0) is 48.7. The van der Waals surface area contributed by atoms with Crippen LogP contribution >= 0.6 is 0 Å². The fourth-order valence-corrected chi connectivity index (χ4v) is 6.65. The van der Waals surface area contributed by atoms with Crippen molar-refractivity contribution in [2.45, 2.75) is 0 Å². The second kappa shape index (κ2) is 11.5. The van der Waals surface area contributed by atoms with Crippen molar-refractivity contribution >= 4 is 43.6 Å². The summed E-state index contributed by atoms with van der Waals surface area (Å²) in [5.41, 5.74) is 1.45. The monoisotopic (exact) mass is 654 g/mol. The lowest BCUT2D eigenvalue weighted by Crippen LogP contribution is -1.94. The van der Waals surface area contributed by atoms with Crippen molar-refractivity contribution in [3.05, 3.63) is 194 Å². The Balaban J connectivity index is 1.16. The molecule has 0 unspecified atom stereocenters. The molecule has 0 aliphatic rings. The predicted molar refractivity (Wildman–Crippen MR) is 211 cm³/mol. The van der Waals surface area contributed by atoms with Crippen LogP contribution in [-0.2, 0) is 0 Å². The summed E-state index contributed by atoms with van der Waals surface area (Å²) in [6.45, 7) is 0. The molecule has 2 aromatic heterocycles. The molecule has 10 aromatic rings. The summed E-state index contributed by atoms with van der Waals surface area (Å²) in [5, 5.41) is 2.95. The van der Waals surface area contributed by atoms with Crippen LogP contribution in [0.15, 0.2) is 194 Å². The number of benzene rings is 8. The van der Waals surface area contributed by atoms with Crippen LogP contribution < -0.4 is 0 Å². The topological polar surface area (TPSA) is 9.86 Å². The maximum atomic E-state index is 9.39. The second-order valence-electron chi connectivity index (χ2n) is 11.6. The van der Waals surface area contributed by atoms with E-state index in [1.807, 2.05) is 66.7 Å². The lowest BCUT2D eigenvalue weighted by molar-refractivity contribution is 1.18. The molecule has 10 rings (SSSR count). The summed E-state index contributed by atoms with van der Waals surface area (Å²) < 4.78 is 160. The van der Waals surface area contributed by atoms with Gasteiger partial charge in [0, 0.05) is 32.9 Å². The van der Waals surface area contributed by atoms with Gasteiger partial charge in [-0.1, -0.05) is 127 Å². The summed E-state index contributed by atoms with van der Waals surface area (Å²) in [5.74, 6) is 0. The molecule has 0 bridgehead atoms. The molecule has 2 heterocycles. The highest BCUT2D eigenvalue weighted by Gasteiger charge is 2.16. The number of aromatic nitrogens is 2. The van der Waals surface area contributed by atoms with Gasteiger partial charge in [-0.2, -0.15) is 0 Å². The van der Waals surface area contributed by atoms with E-state index in [1.165, 1.54) is 0 Å². The normalized spacial score (nSPS) is 16.6. The molecule has 50 heavy (non-hydrogen) atoms. The number of fused-ring (bicyclic) bond motifs is 6. The molecule has 0 radical (unpaired) electrons. The zero-order valence-corrected chi connectivity index (χ0v) is 26.0. The van der Waals surface area contributed by atoms with Crippen LogP contribution in [0.1, 0.15) is 24.7 Å². The number of hydrogen-bond acceptors (Lipinski definition) is 0. The molecular weight excluding hydrogens is 605 g/mol. The van der Waals surface area contributed by atoms with E-state index in [4.69, 9.17) is 17.8 Å². The van der Waals surface area contributed by atoms with Crippen LogP contribution in [0.5, 0.6) is 0 Å². The molecule has 2 heteroatoms. The lowest BCUT2D eigenvalue weighted by Gasteiger charge is -2.11. The Morgan fingerprint density at radius 3 is 1.32 bits per heavy atom. The fourth-order valence-electron chi connectivity index (χ4n) is 6.65. The maximum absolute atomic E-state index is 9.39. The van der Waals surface area contributed by atoms with Gasteiger partial charge in [0.2, 0.25) is 0 Å². The third-order valence-electron chi connectivity index (χ3n) is 8.85. The predicted octanol–water partition coefficient (Wildman–Crippen LogP) is 12.9. The first-order valence-corrected chi connectivity index (χ1v) is 15.7. The molecule has 234 valence electrons. The Morgan fingerprint density at radius 2 is 0.760 bits per heavy atom. The Bertz CT molecular complexity index is 3820. The molecule has 8 aromatic carbocycles. The molecule has 0 aliphatic carbocycles. The van der Waals surface area contributed by atoms with E-state index in [0.717, 1.165) is 21.9 Å². The number of hydrogen-bond donors (Lipinski definition) is 0. The standard InChI is InChI=1S/C48H32N2/c1-3-12-33(13-4-1)35-14-11-15-36(30-35)34-22-26-40(27-23-34)50-46-21-10-8-19-42(46)44-32-38(25-29-48(44)50)37-24-28-47-43(31-37)41-18-7-9-20-45(41)49(47)39-16-5-2-6-17-39/h1-32H/i1D,2D,3D,4D,5D,6D,11D,12D,13D,14D,15D,16D,17D,22D,23D,26D,27D,30D. The fraction of sp³-hybridized carbons (Fsp3) is 0. The molecular formula is C48H32N2. The van der Waals surface area contributed by atoms with Crippen LogP contribution in [0.25, 0.3) is 88.4 Å². The molecule has 0 spiro atoms. The summed E-state index contributed by atoms with van der Waals surface area (Å²) >= 11 is 0. The Hall–Kier alpha value is -6.64. The van der Waals surface area contributed by atoms with Crippen molar-refractivity contribution in [1.29, 1.82) is 0 Å². The van der Waals surface area contributed by atoms with E-state index in [2.05, 4.69) is 0 Å². The van der Waals surface area contributed by atoms with Crippen LogP contribution in [0, 0.1) is 0 Å². The van der Waals surface area contributed by atoms with Crippen LogP contribution in [0.2, 0.25) is 0 Å². The van der Waals surface area contributed by atoms with Gasteiger partial charge in [-0.15, -0.1) is 0 Å². The Labute approximate surface area is 316 Å². The molecule has 2 nitrogen and oxygen atoms in total. The van der Waals surface area contributed by atoms with Crippen LogP contribution in [-0.4, -0.2) is 9.13 Å². The lowest BCUT2D eigenvalue weighted by atomic mass is 9.99. The van der Waals surface area contributed by atoms with E-state index in [1.54, 1.807) is 27.3 Å². The van der Waals surface area contributed by atoms with E-state index < -0.39 is 119 Å². The minimum Gasteiger partial charge on any atom is -0.309 e. The first-order valence-electron chi connectivity index (χ1n) is 24.7. The Morgan fingerprint density at radius 1 is 0.320 bits per heavy atom. The highest BCUT2D eigenvalue weighted by atomic mass is 15.0. The molecule has 0 amide bonds. The van der Waals surface area contributed by atoms with E-state index in [0.29, 0.717) is 32.8 Å². The second-order valence-corrected chi connectivity index (χ2v) is 11.6. The average Bonchev–Trinajstić information content (AvgIpc) is 3.84. The molecule has 0 saturated heterocycles. The largest absolute Gasteiger partial charge is 0.309 e. The van der Waals surface area contributed by atoms with Gasteiger partial charge < -0.3 is 9.13 Å². The molecule has 0 N–H and O–H groups in total. The first kappa shape index (κ1) is 15.7.